The third-order valence-corrected chi connectivity index (χ3v) is 3.93. The van der Waals surface area contributed by atoms with E-state index in [1.165, 1.54) is 10.6 Å². The summed E-state index contributed by atoms with van der Waals surface area (Å²) in [7, 11) is 0. The number of carbonyl (C=O) groups excluding carboxylic acids is 2. The minimum atomic E-state index is -0.310. The first-order valence-corrected chi connectivity index (χ1v) is 9.32. The van der Waals surface area contributed by atoms with Gasteiger partial charge in [0.05, 0.1) is 6.10 Å². The van der Waals surface area contributed by atoms with Crippen molar-refractivity contribution in [2.75, 3.05) is 18.5 Å². The molecule has 0 radical (unpaired) electrons. The molecule has 1 aromatic heterocycles. The summed E-state index contributed by atoms with van der Waals surface area (Å²) in [6, 6.07) is 9.76. The minimum Gasteiger partial charge on any atom is -0.379 e. The summed E-state index contributed by atoms with van der Waals surface area (Å²) in [5, 5.41) is 5.56. The van der Waals surface area contributed by atoms with E-state index in [1.807, 2.05) is 20.8 Å². The topological polar surface area (TPSA) is 89.4 Å². The Labute approximate surface area is 164 Å². The molecule has 0 aliphatic rings. The zero-order chi connectivity index (χ0) is 20.5. The molecule has 2 rings (SSSR count). The minimum absolute atomic E-state index is 0.0683. The number of benzene rings is 1. The number of aromatic nitrogens is 1. The van der Waals surface area contributed by atoms with Crippen molar-refractivity contribution in [1.82, 2.24) is 9.88 Å². The van der Waals surface area contributed by atoms with Crippen LogP contribution in [0.3, 0.4) is 0 Å². The van der Waals surface area contributed by atoms with E-state index in [0.717, 1.165) is 12.0 Å². The smallest absolute Gasteiger partial charge is 0.251 e. The van der Waals surface area contributed by atoms with E-state index in [1.54, 1.807) is 36.5 Å². The van der Waals surface area contributed by atoms with Crippen LogP contribution in [0.25, 0.3) is 0 Å². The highest BCUT2D eigenvalue weighted by molar-refractivity contribution is 5.95. The number of amides is 2. The van der Waals surface area contributed by atoms with Crippen LogP contribution in [0.2, 0.25) is 0 Å². The Hall–Kier alpha value is -2.93. The van der Waals surface area contributed by atoms with Crippen molar-refractivity contribution in [2.24, 2.45) is 0 Å². The van der Waals surface area contributed by atoms with Gasteiger partial charge < -0.3 is 19.9 Å². The third-order valence-electron chi connectivity index (χ3n) is 3.93. The van der Waals surface area contributed by atoms with Gasteiger partial charge in [-0.25, -0.2) is 0 Å². The van der Waals surface area contributed by atoms with Crippen molar-refractivity contribution >= 4 is 17.5 Å². The van der Waals surface area contributed by atoms with Crippen molar-refractivity contribution < 1.29 is 14.3 Å². The summed E-state index contributed by atoms with van der Waals surface area (Å²) in [5.41, 5.74) is 1.75. The Morgan fingerprint density at radius 3 is 2.50 bits per heavy atom. The zero-order valence-corrected chi connectivity index (χ0v) is 16.5. The van der Waals surface area contributed by atoms with Gasteiger partial charge in [-0.05, 0) is 57.0 Å². The lowest BCUT2D eigenvalue weighted by atomic mass is 10.2. The molecule has 0 bridgehead atoms. The summed E-state index contributed by atoms with van der Waals surface area (Å²) < 4.78 is 6.78. The molecule has 0 aliphatic heterocycles. The number of carbonyl (C=O) groups is 2. The molecule has 0 spiro atoms. The highest BCUT2D eigenvalue weighted by Gasteiger charge is 2.08. The third kappa shape index (κ3) is 7.00. The van der Waals surface area contributed by atoms with E-state index >= 15 is 0 Å². The molecule has 0 aliphatic carbocycles. The molecule has 0 fully saturated rings. The van der Waals surface area contributed by atoms with Crippen molar-refractivity contribution in [1.29, 1.82) is 0 Å². The largest absolute Gasteiger partial charge is 0.379 e. The van der Waals surface area contributed by atoms with Gasteiger partial charge in [-0.1, -0.05) is 6.07 Å². The Bertz CT molecular complexity index is 857. The maximum absolute atomic E-state index is 12.2. The van der Waals surface area contributed by atoms with E-state index in [0.29, 0.717) is 24.4 Å². The van der Waals surface area contributed by atoms with Gasteiger partial charge in [-0.15, -0.1) is 0 Å². The molecule has 7 nitrogen and oxygen atoms in total. The van der Waals surface area contributed by atoms with Crippen molar-refractivity contribution in [3.63, 3.8) is 0 Å². The van der Waals surface area contributed by atoms with Gasteiger partial charge in [0.1, 0.15) is 6.54 Å². The summed E-state index contributed by atoms with van der Waals surface area (Å²) in [5.74, 6) is -0.483. The molecule has 0 saturated heterocycles. The van der Waals surface area contributed by atoms with Crippen LogP contribution < -0.4 is 16.2 Å². The molecule has 7 heteroatoms. The first-order chi connectivity index (χ1) is 13.3. The van der Waals surface area contributed by atoms with Crippen LogP contribution in [0.1, 0.15) is 36.2 Å². The summed E-state index contributed by atoms with van der Waals surface area (Å²) in [4.78, 5) is 36.0. The second-order valence-electron chi connectivity index (χ2n) is 6.83. The van der Waals surface area contributed by atoms with Crippen LogP contribution in [-0.2, 0) is 16.1 Å². The number of rotatable bonds is 9. The fraction of sp³-hybridized carbons (Fsp3) is 0.381. The van der Waals surface area contributed by atoms with Gasteiger partial charge in [0.25, 0.3) is 11.5 Å². The summed E-state index contributed by atoms with van der Waals surface area (Å²) in [6.07, 6.45) is 2.57. The SMILES string of the molecule is Cc1ccc(=O)n(CC(=O)Nc2ccc(C(=O)NCCCOC(C)C)cc2)c1. The van der Waals surface area contributed by atoms with Gasteiger partial charge in [-0.2, -0.15) is 0 Å². The van der Waals surface area contributed by atoms with Crippen LogP contribution in [0, 0.1) is 6.92 Å². The number of anilines is 1. The van der Waals surface area contributed by atoms with E-state index in [-0.39, 0.29) is 30.0 Å². The number of pyridine rings is 1. The van der Waals surface area contributed by atoms with Gasteiger partial charge in [0.2, 0.25) is 5.91 Å². The van der Waals surface area contributed by atoms with Crippen molar-refractivity contribution in [3.05, 3.63) is 64.1 Å². The lowest BCUT2D eigenvalue weighted by molar-refractivity contribution is -0.116. The standard InChI is InChI=1S/C21H27N3O4/c1-15(2)28-12-4-11-22-21(27)17-6-8-18(9-7-17)23-19(25)14-24-13-16(3)5-10-20(24)26/h5-10,13,15H,4,11-12,14H2,1-3H3,(H,22,27)(H,23,25). The molecule has 28 heavy (non-hydrogen) atoms. The molecule has 2 N–H and O–H groups in total. The predicted octanol–water partition coefficient (Wildman–Crippen LogP) is 2.34. The van der Waals surface area contributed by atoms with Crippen molar-refractivity contribution in [2.45, 2.75) is 39.8 Å². The normalized spacial score (nSPS) is 10.7. The molecular weight excluding hydrogens is 358 g/mol. The first kappa shape index (κ1) is 21.4. The van der Waals surface area contributed by atoms with Crippen LogP contribution in [0.4, 0.5) is 5.69 Å². The van der Waals surface area contributed by atoms with Gasteiger partial charge in [0.15, 0.2) is 0 Å². The van der Waals surface area contributed by atoms with Gasteiger partial charge >= 0.3 is 0 Å². The number of hydrogen-bond donors (Lipinski definition) is 2. The lowest BCUT2D eigenvalue weighted by Crippen LogP contribution is -2.27. The first-order valence-electron chi connectivity index (χ1n) is 9.32. The Morgan fingerprint density at radius 2 is 1.82 bits per heavy atom. The number of ether oxygens (including phenoxy) is 1. The number of nitrogens with one attached hydrogen (secondary N) is 2. The summed E-state index contributed by atoms with van der Waals surface area (Å²) in [6.45, 7) is 6.87. The molecular formula is C21H27N3O4. The van der Waals surface area contributed by atoms with E-state index < -0.39 is 0 Å². The Morgan fingerprint density at radius 1 is 1.11 bits per heavy atom. The Kier molecular flexibility index (Phi) is 7.95. The van der Waals surface area contributed by atoms with Crippen LogP contribution >= 0.6 is 0 Å². The number of hydrogen-bond acceptors (Lipinski definition) is 4. The Balaban J connectivity index is 1.83. The summed E-state index contributed by atoms with van der Waals surface area (Å²) >= 11 is 0. The fourth-order valence-corrected chi connectivity index (χ4v) is 2.53. The van der Waals surface area contributed by atoms with Crippen LogP contribution in [-0.4, -0.2) is 35.6 Å². The number of aryl methyl sites for hydroxylation is 1. The maximum Gasteiger partial charge on any atom is 0.251 e. The number of nitrogens with zero attached hydrogens (tertiary/aromatic N) is 1. The maximum atomic E-state index is 12.2. The average molecular weight is 385 g/mol. The fourth-order valence-electron chi connectivity index (χ4n) is 2.53. The molecule has 150 valence electrons. The van der Waals surface area contributed by atoms with Crippen molar-refractivity contribution in [3.8, 4) is 0 Å². The highest BCUT2D eigenvalue weighted by atomic mass is 16.5. The quantitative estimate of drug-likeness (QED) is 0.649. The van der Waals surface area contributed by atoms with E-state index in [2.05, 4.69) is 10.6 Å². The second kappa shape index (κ2) is 10.4. The molecule has 2 amide bonds. The molecule has 0 unspecified atom stereocenters. The second-order valence-corrected chi connectivity index (χ2v) is 6.83. The lowest BCUT2D eigenvalue weighted by Gasteiger charge is -2.10. The predicted molar refractivity (Wildman–Crippen MR) is 109 cm³/mol. The molecule has 1 aromatic carbocycles. The molecule has 2 aromatic rings. The highest BCUT2D eigenvalue weighted by Crippen LogP contribution is 2.10. The van der Waals surface area contributed by atoms with E-state index in [4.69, 9.17) is 4.74 Å². The van der Waals surface area contributed by atoms with Gasteiger partial charge in [0, 0.05) is 36.7 Å². The molecule has 0 saturated carbocycles. The molecule has 0 atom stereocenters. The van der Waals surface area contributed by atoms with Crippen LogP contribution in [0.5, 0.6) is 0 Å². The molecule has 1 heterocycles. The monoisotopic (exact) mass is 385 g/mol. The van der Waals surface area contributed by atoms with E-state index in [9.17, 15) is 14.4 Å². The average Bonchev–Trinajstić information content (AvgIpc) is 2.64. The van der Waals surface area contributed by atoms with Gasteiger partial charge in [-0.3, -0.25) is 14.4 Å². The van der Waals surface area contributed by atoms with Crippen LogP contribution in [0.15, 0.2) is 47.4 Å². The zero-order valence-electron chi connectivity index (χ0n) is 16.5.